The molecule has 0 heterocycles. The lowest BCUT2D eigenvalue weighted by Gasteiger charge is -2.08. The van der Waals surface area contributed by atoms with Crippen LogP contribution in [0, 0.1) is 0 Å². The highest BCUT2D eigenvalue weighted by Crippen LogP contribution is 2.09. The summed E-state index contributed by atoms with van der Waals surface area (Å²) in [5, 5.41) is 5.89. The molecule has 23 heavy (non-hydrogen) atoms. The molecule has 1 amide bonds. The summed E-state index contributed by atoms with van der Waals surface area (Å²) in [5.74, 6) is 0.0603. The molecule has 2 aromatic rings. The van der Waals surface area contributed by atoms with Crippen molar-refractivity contribution in [3.63, 3.8) is 0 Å². The number of hydrogen-bond donors (Lipinski definition) is 2. The molecule has 0 fully saturated rings. The van der Waals surface area contributed by atoms with Crippen LogP contribution in [0.25, 0.3) is 0 Å². The van der Waals surface area contributed by atoms with E-state index in [1.165, 1.54) is 5.56 Å². The SMILES string of the molecule is CNCCC(=O)NCc1cccc(COCc2ccccc2)c1. The van der Waals surface area contributed by atoms with Gasteiger partial charge in [-0.05, 0) is 23.7 Å². The topological polar surface area (TPSA) is 50.4 Å². The molecule has 0 aromatic heterocycles. The fraction of sp³-hybridized carbons (Fsp3) is 0.316. The summed E-state index contributed by atoms with van der Waals surface area (Å²) in [7, 11) is 1.84. The van der Waals surface area contributed by atoms with Gasteiger partial charge in [0.1, 0.15) is 0 Å². The largest absolute Gasteiger partial charge is 0.372 e. The van der Waals surface area contributed by atoms with E-state index in [2.05, 4.69) is 28.8 Å². The van der Waals surface area contributed by atoms with Crippen LogP contribution in [0.4, 0.5) is 0 Å². The number of carbonyl (C=O) groups is 1. The molecule has 0 atom stereocenters. The third-order valence-electron chi connectivity index (χ3n) is 3.46. The average Bonchev–Trinajstić information content (AvgIpc) is 2.59. The van der Waals surface area contributed by atoms with Gasteiger partial charge in [0.25, 0.3) is 0 Å². The highest BCUT2D eigenvalue weighted by atomic mass is 16.5. The second kappa shape index (κ2) is 9.77. The van der Waals surface area contributed by atoms with E-state index in [0.717, 1.165) is 11.1 Å². The van der Waals surface area contributed by atoms with E-state index >= 15 is 0 Å². The van der Waals surface area contributed by atoms with E-state index in [1.807, 2.05) is 43.4 Å². The minimum absolute atomic E-state index is 0.0603. The zero-order chi connectivity index (χ0) is 16.3. The average molecular weight is 312 g/mol. The molecule has 2 N–H and O–H groups in total. The van der Waals surface area contributed by atoms with Gasteiger partial charge in [-0.15, -0.1) is 0 Å². The Morgan fingerprint density at radius 1 is 0.957 bits per heavy atom. The quantitative estimate of drug-likeness (QED) is 0.748. The highest BCUT2D eigenvalue weighted by molar-refractivity contribution is 5.76. The Morgan fingerprint density at radius 3 is 2.43 bits per heavy atom. The Bertz CT molecular complexity index is 599. The summed E-state index contributed by atoms with van der Waals surface area (Å²) in [4.78, 5) is 11.6. The minimum atomic E-state index is 0.0603. The molecule has 0 bridgehead atoms. The van der Waals surface area contributed by atoms with Crippen molar-refractivity contribution >= 4 is 5.91 Å². The summed E-state index contributed by atoms with van der Waals surface area (Å²) >= 11 is 0. The lowest BCUT2D eigenvalue weighted by atomic mass is 10.1. The first-order chi connectivity index (χ1) is 11.3. The molecule has 0 saturated carbocycles. The highest BCUT2D eigenvalue weighted by Gasteiger charge is 2.01. The van der Waals surface area contributed by atoms with Crippen LogP contribution in [0.1, 0.15) is 23.1 Å². The van der Waals surface area contributed by atoms with Gasteiger partial charge in [-0.1, -0.05) is 54.6 Å². The van der Waals surface area contributed by atoms with Crippen LogP contribution in [0.3, 0.4) is 0 Å². The first-order valence-corrected chi connectivity index (χ1v) is 7.88. The van der Waals surface area contributed by atoms with Gasteiger partial charge in [0, 0.05) is 19.5 Å². The van der Waals surface area contributed by atoms with Crippen LogP contribution in [-0.2, 0) is 29.3 Å². The van der Waals surface area contributed by atoms with Gasteiger partial charge in [-0.3, -0.25) is 4.79 Å². The minimum Gasteiger partial charge on any atom is -0.372 e. The first kappa shape index (κ1) is 17.2. The van der Waals surface area contributed by atoms with Crippen molar-refractivity contribution in [2.75, 3.05) is 13.6 Å². The van der Waals surface area contributed by atoms with Gasteiger partial charge in [0.2, 0.25) is 5.91 Å². The number of ether oxygens (including phenoxy) is 1. The third-order valence-corrected chi connectivity index (χ3v) is 3.46. The standard InChI is InChI=1S/C19H24N2O2/c1-20-11-10-19(22)21-13-17-8-5-9-18(12-17)15-23-14-16-6-3-2-4-7-16/h2-9,12,20H,10-11,13-15H2,1H3,(H,21,22). The van der Waals surface area contributed by atoms with Gasteiger partial charge in [0.15, 0.2) is 0 Å². The Labute approximate surface area is 137 Å². The zero-order valence-corrected chi connectivity index (χ0v) is 13.5. The molecule has 0 aliphatic carbocycles. The Kier molecular flexibility index (Phi) is 7.30. The lowest BCUT2D eigenvalue weighted by Crippen LogP contribution is -2.26. The van der Waals surface area contributed by atoms with E-state index in [9.17, 15) is 4.79 Å². The molecule has 0 aliphatic rings. The summed E-state index contributed by atoms with van der Waals surface area (Å²) < 4.78 is 5.74. The molecule has 0 unspecified atom stereocenters. The first-order valence-electron chi connectivity index (χ1n) is 7.88. The summed E-state index contributed by atoms with van der Waals surface area (Å²) in [5.41, 5.74) is 3.37. The zero-order valence-electron chi connectivity index (χ0n) is 13.5. The molecule has 122 valence electrons. The van der Waals surface area contributed by atoms with Crippen LogP contribution in [-0.4, -0.2) is 19.5 Å². The van der Waals surface area contributed by atoms with Gasteiger partial charge >= 0.3 is 0 Å². The number of hydrogen-bond acceptors (Lipinski definition) is 3. The molecule has 0 spiro atoms. The Hall–Kier alpha value is -2.17. The van der Waals surface area contributed by atoms with Crippen LogP contribution in [0.5, 0.6) is 0 Å². The number of nitrogens with one attached hydrogen (secondary N) is 2. The monoisotopic (exact) mass is 312 g/mol. The van der Waals surface area contributed by atoms with Gasteiger partial charge in [-0.2, -0.15) is 0 Å². The fourth-order valence-electron chi connectivity index (χ4n) is 2.22. The maximum absolute atomic E-state index is 11.6. The number of benzene rings is 2. The Balaban J connectivity index is 1.76. The van der Waals surface area contributed by atoms with E-state index in [4.69, 9.17) is 4.74 Å². The normalized spacial score (nSPS) is 10.5. The van der Waals surface area contributed by atoms with Crippen molar-refractivity contribution in [1.82, 2.24) is 10.6 Å². The van der Waals surface area contributed by atoms with Crippen molar-refractivity contribution in [3.8, 4) is 0 Å². The smallest absolute Gasteiger partial charge is 0.221 e. The van der Waals surface area contributed by atoms with Crippen LogP contribution in [0.2, 0.25) is 0 Å². The molecule has 4 heteroatoms. The molecule has 0 aliphatic heterocycles. The molecule has 0 radical (unpaired) electrons. The van der Waals surface area contributed by atoms with Gasteiger partial charge in [-0.25, -0.2) is 0 Å². The number of amides is 1. The third kappa shape index (κ3) is 6.63. The molecule has 0 saturated heterocycles. The van der Waals surface area contributed by atoms with E-state index in [-0.39, 0.29) is 5.91 Å². The van der Waals surface area contributed by atoms with Gasteiger partial charge < -0.3 is 15.4 Å². The van der Waals surface area contributed by atoms with Crippen LogP contribution in [0.15, 0.2) is 54.6 Å². The molecule has 4 nitrogen and oxygen atoms in total. The summed E-state index contributed by atoms with van der Waals surface area (Å²) in [6.45, 7) is 2.41. The van der Waals surface area contributed by atoms with Crippen molar-refractivity contribution in [2.24, 2.45) is 0 Å². The maximum Gasteiger partial charge on any atom is 0.221 e. The second-order valence-electron chi connectivity index (χ2n) is 5.43. The van der Waals surface area contributed by atoms with Gasteiger partial charge in [0.05, 0.1) is 13.2 Å². The predicted molar refractivity (Wildman–Crippen MR) is 91.8 cm³/mol. The molecule has 2 aromatic carbocycles. The Morgan fingerprint density at radius 2 is 1.65 bits per heavy atom. The molecule has 2 rings (SSSR count). The van der Waals surface area contributed by atoms with Crippen LogP contribution < -0.4 is 10.6 Å². The van der Waals surface area contributed by atoms with Crippen molar-refractivity contribution in [3.05, 3.63) is 71.3 Å². The van der Waals surface area contributed by atoms with Crippen molar-refractivity contribution in [2.45, 2.75) is 26.2 Å². The predicted octanol–water partition coefficient (Wildman–Crippen LogP) is 2.63. The number of rotatable bonds is 9. The maximum atomic E-state index is 11.6. The lowest BCUT2D eigenvalue weighted by molar-refractivity contribution is -0.121. The molecular weight excluding hydrogens is 288 g/mol. The van der Waals surface area contributed by atoms with Crippen LogP contribution >= 0.6 is 0 Å². The van der Waals surface area contributed by atoms with Crippen molar-refractivity contribution < 1.29 is 9.53 Å². The van der Waals surface area contributed by atoms with E-state index in [1.54, 1.807) is 0 Å². The van der Waals surface area contributed by atoms with E-state index < -0.39 is 0 Å². The van der Waals surface area contributed by atoms with E-state index in [0.29, 0.717) is 32.7 Å². The fourth-order valence-corrected chi connectivity index (χ4v) is 2.22. The summed E-state index contributed by atoms with van der Waals surface area (Å²) in [6.07, 6.45) is 0.496. The molecular formula is C19H24N2O2. The number of carbonyl (C=O) groups excluding carboxylic acids is 1. The summed E-state index contributed by atoms with van der Waals surface area (Å²) in [6, 6.07) is 18.2. The van der Waals surface area contributed by atoms with Crippen molar-refractivity contribution in [1.29, 1.82) is 0 Å². The second-order valence-corrected chi connectivity index (χ2v) is 5.43.